The number of ether oxygens (including phenoxy) is 1. The van der Waals surface area contributed by atoms with Gasteiger partial charge < -0.3 is 4.74 Å². The molecule has 7 heteroatoms. The number of benzene rings is 2. The van der Waals surface area contributed by atoms with Crippen LogP contribution in [0.25, 0.3) is 0 Å². The van der Waals surface area contributed by atoms with E-state index in [1.165, 1.54) is 30.3 Å². The molecule has 5 nitrogen and oxygen atoms in total. The first-order chi connectivity index (χ1) is 11.4. The molecule has 0 fully saturated rings. The fraction of sp³-hybridized carbons (Fsp3) is 0.118. The summed E-state index contributed by atoms with van der Waals surface area (Å²) in [5.41, 5.74) is 0.939. The predicted octanol–water partition coefficient (Wildman–Crippen LogP) is 3.16. The third-order valence-corrected chi connectivity index (χ3v) is 4.75. The highest BCUT2D eigenvalue weighted by Crippen LogP contribution is 2.14. The van der Waals surface area contributed by atoms with E-state index in [1.54, 1.807) is 24.3 Å². The van der Waals surface area contributed by atoms with Gasteiger partial charge in [0.2, 0.25) is 10.0 Å². The Morgan fingerprint density at radius 3 is 2.58 bits per heavy atom. The van der Waals surface area contributed by atoms with Crippen LogP contribution in [0.2, 0.25) is 5.02 Å². The summed E-state index contributed by atoms with van der Waals surface area (Å²) in [7, 11) is -3.69. The summed E-state index contributed by atoms with van der Waals surface area (Å²) in [5.74, 6) is -0.606. The van der Waals surface area contributed by atoms with Crippen LogP contribution in [-0.2, 0) is 21.4 Å². The Kier molecular flexibility index (Phi) is 6.14. The molecule has 0 bridgehead atoms. The van der Waals surface area contributed by atoms with Crippen molar-refractivity contribution in [2.45, 2.75) is 11.5 Å². The lowest BCUT2D eigenvalue weighted by Crippen LogP contribution is -2.23. The second-order valence-electron chi connectivity index (χ2n) is 4.87. The van der Waals surface area contributed by atoms with Gasteiger partial charge in [-0.2, -0.15) is 0 Å². The van der Waals surface area contributed by atoms with Gasteiger partial charge in [0, 0.05) is 11.6 Å². The molecular weight excluding hydrogens is 350 g/mol. The van der Waals surface area contributed by atoms with Gasteiger partial charge in [-0.1, -0.05) is 35.9 Å². The maximum Gasteiger partial charge on any atom is 0.338 e. The Balaban J connectivity index is 2.08. The number of esters is 1. The van der Waals surface area contributed by atoms with Gasteiger partial charge in [-0.25, -0.2) is 17.9 Å². The van der Waals surface area contributed by atoms with Crippen LogP contribution >= 0.6 is 11.6 Å². The topological polar surface area (TPSA) is 72.5 Å². The van der Waals surface area contributed by atoms with Crippen molar-refractivity contribution < 1.29 is 17.9 Å². The van der Waals surface area contributed by atoms with E-state index in [0.29, 0.717) is 5.02 Å². The number of hydrogen-bond donors (Lipinski definition) is 1. The Morgan fingerprint density at radius 1 is 1.21 bits per heavy atom. The summed E-state index contributed by atoms with van der Waals surface area (Å²) >= 11 is 5.79. The van der Waals surface area contributed by atoms with Crippen molar-refractivity contribution in [3.63, 3.8) is 0 Å². The number of nitrogens with one attached hydrogen (secondary N) is 1. The van der Waals surface area contributed by atoms with Crippen LogP contribution in [0.3, 0.4) is 0 Å². The van der Waals surface area contributed by atoms with Crippen molar-refractivity contribution in [3.05, 3.63) is 77.3 Å². The number of sulfonamides is 1. The van der Waals surface area contributed by atoms with Crippen molar-refractivity contribution in [2.24, 2.45) is 0 Å². The molecule has 0 saturated heterocycles. The van der Waals surface area contributed by atoms with Crippen LogP contribution in [0, 0.1) is 0 Å². The summed E-state index contributed by atoms with van der Waals surface area (Å²) in [6.07, 6.45) is 1.43. The minimum absolute atomic E-state index is 0.00899. The van der Waals surface area contributed by atoms with Crippen LogP contribution in [0.1, 0.15) is 15.9 Å². The van der Waals surface area contributed by atoms with Crippen molar-refractivity contribution >= 4 is 27.6 Å². The molecule has 0 heterocycles. The molecule has 24 heavy (non-hydrogen) atoms. The second kappa shape index (κ2) is 8.10. The lowest BCUT2D eigenvalue weighted by molar-refractivity contribution is 0.0472. The summed E-state index contributed by atoms with van der Waals surface area (Å²) < 4.78 is 31.6. The Labute approximate surface area is 146 Å². The minimum atomic E-state index is -3.69. The van der Waals surface area contributed by atoms with Crippen LogP contribution in [-0.4, -0.2) is 20.9 Å². The molecule has 1 N–H and O–H groups in total. The van der Waals surface area contributed by atoms with Gasteiger partial charge in [0.15, 0.2) is 0 Å². The van der Waals surface area contributed by atoms with Crippen LogP contribution in [0.5, 0.6) is 0 Å². The zero-order valence-electron chi connectivity index (χ0n) is 12.7. The smallest absolute Gasteiger partial charge is 0.338 e. The highest BCUT2D eigenvalue weighted by atomic mass is 35.5. The molecule has 0 atom stereocenters. The Bertz CT molecular complexity index is 832. The van der Waals surface area contributed by atoms with Gasteiger partial charge in [-0.05, 0) is 35.9 Å². The van der Waals surface area contributed by atoms with E-state index in [-0.39, 0.29) is 23.6 Å². The monoisotopic (exact) mass is 365 g/mol. The first-order valence-electron chi connectivity index (χ1n) is 7.04. The van der Waals surface area contributed by atoms with Gasteiger partial charge in [0.25, 0.3) is 0 Å². The quantitative estimate of drug-likeness (QED) is 0.604. The molecule has 0 aromatic heterocycles. The van der Waals surface area contributed by atoms with E-state index >= 15 is 0 Å². The molecular formula is C17H16ClNO4S. The van der Waals surface area contributed by atoms with E-state index in [1.807, 2.05) is 0 Å². The van der Waals surface area contributed by atoms with E-state index in [4.69, 9.17) is 16.3 Å². The molecule has 0 unspecified atom stereocenters. The molecule has 0 spiro atoms. The molecule has 0 radical (unpaired) electrons. The number of halogens is 1. The maximum atomic E-state index is 12.1. The Hall–Kier alpha value is -2.15. The number of rotatable bonds is 7. The lowest BCUT2D eigenvalue weighted by atomic mass is 10.2. The summed E-state index contributed by atoms with van der Waals surface area (Å²) in [5, 5.41) is 0.593. The van der Waals surface area contributed by atoms with Gasteiger partial charge in [0.1, 0.15) is 6.61 Å². The standard InChI is InChI=1S/C17H16ClNO4S/c1-2-10-19-24(21,22)16-5-3-4-14(11-16)17(20)23-12-13-6-8-15(18)9-7-13/h2-9,11,19H,1,10,12H2. The van der Waals surface area contributed by atoms with Crippen molar-refractivity contribution in [1.29, 1.82) is 0 Å². The molecule has 126 valence electrons. The van der Waals surface area contributed by atoms with Gasteiger partial charge in [-0.15, -0.1) is 6.58 Å². The zero-order chi connectivity index (χ0) is 17.6. The Morgan fingerprint density at radius 2 is 1.92 bits per heavy atom. The van der Waals surface area contributed by atoms with Gasteiger partial charge in [0.05, 0.1) is 10.5 Å². The SMILES string of the molecule is C=CCNS(=O)(=O)c1cccc(C(=O)OCc2ccc(Cl)cc2)c1. The number of carbonyl (C=O) groups excluding carboxylic acids is 1. The predicted molar refractivity (Wildman–Crippen MR) is 92.4 cm³/mol. The largest absolute Gasteiger partial charge is 0.457 e. The number of carbonyl (C=O) groups is 1. The van der Waals surface area contributed by atoms with E-state index in [2.05, 4.69) is 11.3 Å². The summed E-state index contributed by atoms with van der Waals surface area (Å²) in [6.45, 7) is 3.63. The van der Waals surface area contributed by atoms with Crippen LogP contribution in [0.15, 0.2) is 66.1 Å². The van der Waals surface area contributed by atoms with E-state index < -0.39 is 16.0 Å². The van der Waals surface area contributed by atoms with E-state index in [0.717, 1.165) is 5.56 Å². The molecule has 0 saturated carbocycles. The minimum Gasteiger partial charge on any atom is -0.457 e. The lowest BCUT2D eigenvalue weighted by Gasteiger charge is -2.08. The van der Waals surface area contributed by atoms with Gasteiger partial charge in [-0.3, -0.25) is 0 Å². The summed E-state index contributed by atoms with van der Waals surface area (Å²) in [6, 6.07) is 12.5. The highest BCUT2D eigenvalue weighted by Gasteiger charge is 2.16. The highest BCUT2D eigenvalue weighted by molar-refractivity contribution is 7.89. The van der Waals surface area contributed by atoms with Crippen molar-refractivity contribution in [2.75, 3.05) is 6.54 Å². The molecule has 2 rings (SSSR count). The molecule has 0 amide bonds. The third-order valence-electron chi connectivity index (χ3n) is 3.08. The zero-order valence-corrected chi connectivity index (χ0v) is 14.3. The van der Waals surface area contributed by atoms with Crippen LogP contribution in [0.4, 0.5) is 0 Å². The second-order valence-corrected chi connectivity index (χ2v) is 7.07. The van der Waals surface area contributed by atoms with Crippen molar-refractivity contribution in [3.8, 4) is 0 Å². The summed E-state index contributed by atoms with van der Waals surface area (Å²) in [4.78, 5) is 12.1. The first kappa shape index (κ1) is 18.2. The van der Waals surface area contributed by atoms with Gasteiger partial charge >= 0.3 is 5.97 Å². The first-order valence-corrected chi connectivity index (χ1v) is 8.90. The molecule has 0 aliphatic rings. The van der Waals surface area contributed by atoms with Crippen molar-refractivity contribution in [1.82, 2.24) is 4.72 Å². The molecule has 2 aromatic carbocycles. The normalized spacial score (nSPS) is 11.0. The number of hydrogen-bond acceptors (Lipinski definition) is 4. The fourth-order valence-electron chi connectivity index (χ4n) is 1.86. The van der Waals surface area contributed by atoms with E-state index in [9.17, 15) is 13.2 Å². The molecule has 2 aromatic rings. The average molecular weight is 366 g/mol. The third kappa shape index (κ3) is 4.92. The fourth-order valence-corrected chi connectivity index (χ4v) is 3.02. The average Bonchev–Trinajstić information content (AvgIpc) is 2.59. The molecule has 0 aliphatic carbocycles. The maximum absolute atomic E-state index is 12.1. The van der Waals surface area contributed by atoms with Crippen LogP contribution < -0.4 is 4.72 Å². The molecule has 0 aliphatic heterocycles.